The summed E-state index contributed by atoms with van der Waals surface area (Å²) in [5, 5.41) is 27.0. The Bertz CT molecular complexity index is 663. The minimum Gasteiger partial charge on any atom is -0.481 e. The van der Waals surface area contributed by atoms with Crippen LogP contribution in [0.3, 0.4) is 0 Å². The third-order valence-corrected chi connectivity index (χ3v) is 2.67. The van der Waals surface area contributed by atoms with Crippen molar-refractivity contribution in [3.63, 3.8) is 0 Å². The maximum atomic E-state index is 12.2. The number of hydrogen-bond donors (Lipinski definition) is 4. The molecule has 0 saturated heterocycles. The first-order chi connectivity index (χ1) is 11.4. The summed E-state index contributed by atoms with van der Waals surface area (Å²) in [6.07, 6.45) is -7.55. The summed E-state index contributed by atoms with van der Waals surface area (Å²) in [5.74, 6) is -5.82. The third kappa shape index (κ3) is 6.55. The molecular weight excluding hydrogens is 355 g/mol. The Hall–Kier alpha value is -3.02. The second-order valence-corrected chi connectivity index (χ2v) is 4.70. The number of carbonyl (C=O) groups is 3. The molecule has 9 nitrogen and oxygen atoms in total. The summed E-state index contributed by atoms with van der Waals surface area (Å²) in [7, 11) is 0. The SMILES string of the molecule is O=C(O)CC(O)(CC(=O)ONc1ccccc1OC(F)(F)F)C(=O)O. The standard InChI is InChI=1S/C13H12F3NO8/c14-13(15,16)24-8-4-2-1-3-7(8)17-25-10(20)6-12(23,11(21)22)5-9(18)19/h1-4,17,23H,5-6H2,(H,18,19)(H,21,22). The van der Waals surface area contributed by atoms with E-state index >= 15 is 0 Å². The molecule has 0 heterocycles. The molecular formula is C13H12F3NO8. The number of carboxylic acid groups (broad SMARTS) is 2. The number of carbonyl (C=O) groups excluding carboxylic acids is 1. The molecule has 4 N–H and O–H groups in total. The van der Waals surface area contributed by atoms with Crippen molar-refractivity contribution in [3.8, 4) is 5.75 Å². The molecule has 0 aliphatic rings. The summed E-state index contributed by atoms with van der Waals surface area (Å²) in [6.45, 7) is 0. The molecule has 0 spiro atoms. The first kappa shape index (κ1) is 20.0. The number of ether oxygens (including phenoxy) is 1. The van der Waals surface area contributed by atoms with Crippen molar-refractivity contribution in [1.82, 2.24) is 0 Å². The maximum Gasteiger partial charge on any atom is 0.573 e. The smallest absolute Gasteiger partial charge is 0.481 e. The van der Waals surface area contributed by atoms with E-state index in [-0.39, 0.29) is 0 Å². The number of benzene rings is 1. The number of aliphatic hydroxyl groups is 1. The molecule has 0 radical (unpaired) electrons. The molecule has 1 unspecified atom stereocenters. The van der Waals surface area contributed by atoms with Crippen LogP contribution < -0.4 is 10.2 Å². The van der Waals surface area contributed by atoms with E-state index in [4.69, 9.17) is 10.2 Å². The number of nitrogens with one attached hydrogen (secondary N) is 1. The van der Waals surface area contributed by atoms with Gasteiger partial charge in [-0.3, -0.25) is 4.79 Å². The van der Waals surface area contributed by atoms with Crippen LogP contribution in [0.5, 0.6) is 5.75 Å². The van der Waals surface area contributed by atoms with Crippen molar-refractivity contribution in [2.45, 2.75) is 24.8 Å². The Kier molecular flexibility index (Phi) is 6.17. The highest BCUT2D eigenvalue weighted by atomic mass is 19.4. The van der Waals surface area contributed by atoms with Gasteiger partial charge in [0.15, 0.2) is 11.4 Å². The van der Waals surface area contributed by atoms with Crippen molar-refractivity contribution >= 4 is 23.6 Å². The highest BCUT2D eigenvalue weighted by Gasteiger charge is 2.41. The molecule has 0 aliphatic carbocycles. The molecule has 25 heavy (non-hydrogen) atoms. The third-order valence-electron chi connectivity index (χ3n) is 2.67. The molecule has 12 heteroatoms. The first-order valence-corrected chi connectivity index (χ1v) is 6.41. The van der Waals surface area contributed by atoms with Crippen LogP contribution in [-0.4, -0.2) is 45.2 Å². The highest BCUT2D eigenvalue weighted by Crippen LogP contribution is 2.30. The van der Waals surface area contributed by atoms with E-state index in [0.29, 0.717) is 0 Å². The largest absolute Gasteiger partial charge is 0.573 e. The highest BCUT2D eigenvalue weighted by molar-refractivity contribution is 5.88. The Morgan fingerprint density at radius 3 is 2.20 bits per heavy atom. The van der Waals surface area contributed by atoms with E-state index in [9.17, 15) is 32.7 Å². The molecule has 0 saturated carbocycles. The number of anilines is 1. The molecule has 1 rings (SSSR count). The fraction of sp³-hybridized carbons (Fsp3) is 0.308. The fourth-order valence-corrected chi connectivity index (χ4v) is 1.62. The fourth-order valence-electron chi connectivity index (χ4n) is 1.62. The number of para-hydroxylation sites is 2. The van der Waals surface area contributed by atoms with E-state index in [2.05, 4.69) is 9.57 Å². The van der Waals surface area contributed by atoms with Gasteiger partial charge >= 0.3 is 24.3 Å². The van der Waals surface area contributed by atoms with Crippen LogP contribution in [0.4, 0.5) is 18.9 Å². The van der Waals surface area contributed by atoms with Crippen LogP contribution in [0.15, 0.2) is 24.3 Å². The van der Waals surface area contributed by atoms with Gasteiger partial charge in [-0.1, -0.05) is 12.1 Å². The average Bonchev–Trinajstić information content (AvgIpc) is 2.43. The van der Waals surface area contributed by atoms with Gasteiger partial charge in [0.2, 0.25) is 0 Å². The molecule has 138 valence electrons. The zero-order chi connectivity index (χ0) is 19.3. The normalized spacial score (nSPS) is 13.4. The van der Waals surface area contributed by atoms with Gasteiger partial charge in [0.25, 0.3) is 0 Å². The van der Waals surface area contributed by atoms with Crippen LogP contribution in [0.25, 0.3) is 0 Å². The second kappa shape index (κ2) is 7.70. The van der Waals surface area contributed by atoms with Crippen molar-refractivity contribution in [2.24, 2.45) is 0 Å². The van der Waals surface area contributed by atoms with E-state index in [1.54, 1.807) is 0 Å². The van der Waals surface area contributed by atoms with Gasteiger partial charge in [0, 0.05) is 0 Å². The van der Waals surface area contributed by atoms with Gasteiger partial charge in [-0.15, -0.1) is 13.2 Å². The number of halogens is 3. The molecule has 0 bridgehead atoms. The second-order valence-electron chi connectivity index (χ2n) is 4.70. The summed E-state index contributed by atoms with van der Waals surface area (Å²) in [5.41, 5.74) is -1.53. The number of alkyl halides is 3. The quantitative estimate of drug-likeness (QED) is 0.497. The Labute approximate surface area is 137 Å². The van der Waals surface area contributed by atoms with Crippen LogP contribution in [0.1, 0.15) is 12.8 Å². The molecule has 1 aromatic rings. The lowest BCUT2D eigenvalue weighted by molar-refractivity contribution is -0.274. The van der Waals surface area contributed by atoms with E-state index in [1.165, 1.54) is 12.1 Å². The van der Waals surface area contributed by atoms with E-state index in [1.807, 2.05) is 5.48 Å². The first-order valence-electron chi connectivity index (χ1n) is 6.41. The summed E-state index contributed by atoms with van der Waals surface area (Å²) < 4.78 is 40.4. The number of aliphatic carboxylic acids is 2. The van der Waals surface area contributed by atoms with Gasteiger partial charge in [-0.2, -0.15) is 0 Å². The minimum absolute atomic E-state index is 0.412. The maximum absolute atomic E-state index is 12.2. The van der Waals surface area contributed by atoms with Gasteiger partial charge in [-0.25, -0.2) is 15.1 Å². The summed E-state index contributed by atoms with van der Waals surface area (Å²) in [4.78, 5) is 37.3. The monoisotopic (exact) mass is 367 g/mol. The lowest BCUT2D eigenvalue weighted by Gasteiger charge is -2.20. The Balaban J connectivity index is 2.77. The van der Waals surface area contributed by atoms with Gasteiger partial charge in [0.1, 0.15) is 5.69 Å². The van der Waals surface area contributed by atoms with Crippen molar-refractivity contribution in [1.29, 1.82) is 0 Å². The predicted molar refractivity (Wildman–Crippen MR) is 72.3 cm³/mol. The Morgan fingerprint density at radius 1 is 1.08 bits per heavy atom. The van der Waals surface area contributed by atoms with Crippen LogP contribution in [0, 0.1) is 0 Å². The Morgan fingerprint density at radius 2 is 1.68 bits per heavy atom. The summed E-state index contributed by atoms with van der Waals surface area (Å²) >= 11 is 0. The van der Waals surface area contributed by atoms with E-state index in [0.717, 1.165) is 12.1 Å². The van der Waals surface area contributed by atoms with Gasteiger partial charge < -0.3 is 24.9 Å². The predicted octanol–water partition coefficient (Wildman–Crippen LogP) is 1.14. The molecule has 0 amide bonds. The number of rotatable bonds is 8. The van der Waals surface area contributed by atoms with E-state index < -0.39 is 54.1 Å². The van der Waals surface area contributed by atoms with Crippen LogP contribution >= 0.6 is 0 Å². The van der Waals surface area contributed by atoms with Crippen molar-refractivity contribution in [2.75, 3.05) is 5.48 Å². The minimum atomic E-state index is -5.01. The van der Waals surface area contributed by atoms with Crippen LogP contribution in [0.2, 0.25) is 0 Å². The molecule has 0 aromatic heterocycles. The zero-order valence-electron chi connectivity index (χ0n) is 12.2. The van der Waals surface area contributed by atoms with Crippen molar-refractivity contribution < 1.29 is 52.4 Å². The number of carboxylic acids is 2. The lowest BCUT2D eigenvalue weighted by atomic mass is 9.96. The number of hydrogen-bond acceptors (Lipinski definition) is 7. The van der Waals surface area contributed by atoms with Gasteiger partial charge in [-0.05, 0) is 12.1 Å². The van der Waals surface area contributed by atoms with Gasteiger partial charge in [0.05, 0.1) is 12.8 Å². The summed E-state index contributed by atoms with van der Waals surface area (Å²) in [6, 6.07) is 4.48. The average molecular weight is 367 g/mol. The molecule has 1 aromatic carbocycles. The molecule has 0 aliphatic heterocycles. The van der Waals surface area contributed by atoms with Crippen LogP contribution in [-0.2, 0) is 19.2 Å². The molecule has 1 atom stereocenters. The topological polar surface area (TPSA) is 142 Å². The zero-order valence-corrected chi connectivity index (χ0v) is 12.2. The lowest BCUT2D eigenvalue weighted by Crippen LogP contribution is -2.43. The molecule has 0 fully saturated rings. The van der Waals surface area contributed by atoms with Crippen molar-refractivity contribution in [3.05, 3.63) is 24.3 Å².